The normalized spacial score (nSPS) is 23.1. The lowest BCUT2D eigenvalue weighted by Crippen LogP contribution is -2.26. The zero-order valence-corrected chi connectivity index (χ0v) is 10.3. The van der Waals surface area contributed by atoms with Gasteiger partial charge in [-0.3, -0.25) is 0 Å². The van der Waals surface area contributed by atoms with Crippen LogP contribution in [0.5, 0.6) is 0 Å². The first kappa shape index (κ1) is 13.7. The summed E-state index contributed by atoms with van der Waals surface area (Å²) in [6.07, 6.45) is -4.44. The Labute approximate surface area is 109 Å². The molecule has 1 aromatic carbocycles. The van der Waals surface area contributed by atoms with Crippen LogP contribution < -0.4 is 5.32 Å². The van der Waals surface area contributed by atoms with Crippen molar-refractivity contribution < 1.29 is 17.9 Å². The molecule has 2 rings (SSSR count). The summed E-state index contributed by atoms with van der Waals surface area (Å²) >= 11 is 0. The van der Waals surface area contributed by atoms with E-state index in [2.05, 4.69) is 5.32 Å². The molecule has 19 heavy (non-hydrogen) atoms. The maximum absolute atomic E-state index is 12.6. The van der Waals surface area contributed by atoms with Crippen LogP contribution in [0.4, 0.5) is 18.9 Å². The third-order valence-corrected chi connectivity index (χ3v) is 3.17. The predicted octanol–water partition coefficient (Wildman–Crippen LogP) is 3.02. The van der Waals surface area contributed by atoms with Crippen LogP contribution >= 0.6 is 0 Å². The molecule has 2 unspecified atom stereocenters. The van der Waals surface area contributed by atoms with E-state index in [1.807, 2.05) is 6.92 Å². The molecular weight excluding hydrogens is 257 g/mol. The van der Waals surface area contributed by atoms with E-state index in [4.69, 9.17) is 10.00 Å². The Morgan fingerprint density at radius 1 is 1.37 bits per heavy atom. The summed E-state index contributed by atoms with van der Waals surface area (Å²) in [5.41, 5.74) is -0.405. The molecule has 6 heteroatoms. The Morgan fingerprint density at radius 2 is 2.11 bits per heavy atom. The second-order valence-corrected chi connectivity index (χ2v) is 4.64. The summed E-state index contributed by atoms with van der Waals surface area (Å²) in [6.45, 7) is 3.09. The van der Waals surface area contributed by atoms with Crippen LogP contribution in [0.1, 0.15) is 18.1 Å². The van der Waals surface area contributed by atoms with E-state index >= 15 is 0 Å². The number of rotatable bonds is 2. The van der Waals surface area contributed by atoms with Crippen molar-refractivity contribution in [1.82, 2.24) is 0 Å². The van der Waals surface area contributed by atoms with Crippen LogP contribution in [0.3, 0.4) is 0 Å². The molecule has 0 aromatic heterocycles. The summed E-state index contributed by atoms with van der Waals surface area (Å²) in [4.78, 5) is 0. The fourth-order valence-electron chi connectivity index (χ4n) is 1.98. The molecule has 0 aliphatic carbocycles. The lowest BCUT2D eigenvalue weighted by molar-refractivity contribution is -0.137. The van der Waals surface area contributed by atoms with Gasteiger partial charge in [0.05, 0.1) is 36.1 Å². The molecule has 0 spiro atoms. The number of ether oxygens (including phenoxy) is 1. The number of nitrogens with zero attached hydrogens (tertiary/aromatic N) is 1. The lowest BCUT2D eigenvalue weighted by Gasteiger charge is -2.18. The van der Waals surface area contributed by atoms with E-state index in [-0.39, 0.29) is 17.5 Å². The summed E-state index contributed by atoms with van der Waals surface area (Å²) in [6, 6.07) is 4.95. The number of nitrogens with one attached hydrogen (secondary N) is 1. The standard InChI is InChI=1S/C13H13F3N2O/c1-8-6-19-7-12(8)18-11-3-2-10(13(14,15)16)4-9(11)5-17/h2-4,8,12,18H,6-7H2,1H3. The van der Waals surface area contributed by atoms with E-state index in [1.165, 1.54) is 6.07 Å². The molecule has 2 atom stereocenters. The molecule has 102 valence electrons. The van der Waals surface area contributed by atoms with E-state index in [0.29, 0.717) is 18.9 Å². The Kier molecular flexibility index (Phi) is 3.67. The fraction of sp³-hybridized carbons (Fsp3) is 0.462. The number of alkyl halides is 3. The molecule has 0 radical (unpaired) electrons. The minimum absolute atomic E-state index is 0.00562. The highest BCUT2D eigenvalue weighted by atomic mass is 19.4. The second-order valence-electron chi connectivity index (χ2n) is 4.64. The number of nitriles is 1. The smallest absolute Gasteiger partial charge is 0.379 e. The molecule has 1 aromatic rings. The maximum atomic E-state index is 12.6. The molecule has 1 aliphatic rings. The Bertz CT molecular complexity index is 508. The molecule has 1 heterocycles. The van der Waals surface area contributed by atoms with Gasteiger partial charge in [0.1, 0.15) is 6.07 Å². The minimum atomic E-state index is -4.44. The number of halogens is 3. The van der Waals surface area contributed by atoms with Gasteiger partial charge in [0, 0.05) is 5.92 Å². The van der Waals surface area contributed by atoms with Crippen LogP contribution in [0.15, 0.2) is 18.2 Å². The molecule has 1 fully saturated rings. The third-order valence-electron chi connectivity index (χ3n) is 3.17. The Morgan fingerprint density at radius 3 is 2.63 bits per heavy atom. The molecule has 1 saturated heterocycles. The van der Waals surface area contributed by atoms with Gasteiger partial charge in [0.15, 0.2) is 0 Å². The molecule has 3 nitrogen and oxygen atoms in total. The van der Waals surface area contributed by atoms with Gasteiger partial charge in [-0.05, 0) is 18.2 Å². The quantitative estimate of drug-likeness (QED) is 0.898. The highest BCUT2D eigenvalue weighted by Crippen LogP contribution is 2.32. The molecule has 0 saturated carbocycles. The Balaban J connectivity index is 2.24. The second kappa shape index (κ2) is 5.10. The van der Waals surface area contributed by atoms with Crippen molar-refractivity contribution in [2.45, 2.75) is 19.1 Å². The van der Waals surface area contributed by atoms with Gasteiger partial charge in [0.2, 0.25) is 0 Å². The topological polar surface area (TPSA) is 45.0 Å². The summed E-state index contributed by atoms with van der Waals surface area (Å²) < 4.78 is 42.9. The summed E-state index contributed by atoms with van der Waals surface area (Å²) in [7, 11) is 0. The van der Waals surface area contributed by atoms with Gasteiger partial charge in [0.25, 0.3) is 0 Å². The predicted molar refractivity (Wildman–Crippen MR) is 63.6 cm³/mol. The SMILES string of the molecule is CC1COCC1Nc1ccc(C(F)(F)F)cc1C#N. The number of hydrogen-bond donors (Lipinski definition) is 1. The molecular formula is C13H13F3N2O. The highest BCUT2D eigenvalue weighted by Gasteiger charge is 2.31. The van der Waals surface area contributed by atoms with Crippen molar-refractivity contribution in [3.05, 3.63) is 29.3 Å². The van der Waals surface area contributed by atoms with Crippen LogP contribution in [0.25, 0.3) is 0 Å². The first-order chi connectivity index (χ1) is 8.91. The minimum Gasteiger partial charge on any atom is -0.379 e. The van der Waals surface area contributed by atoms with Gasteiger partial charge in [-0.15, -0.1) is 0 Å². The Hall–Kier alpha value is -1.74. The zero-order valence-electron chi connectivity index (χ0n) is 10.3. The van der Waals surface area contributed by atoms with Crippen LogP contribution in [-0.4, -0.2) is 19.3 Å². The van der Waals surface area contributed by atoms with Gasteiger partial charge in [-0.2, -0.15) is 18.4 Å². The van der Waals surface area contributed by atoms with Crippen LogP contribution in [-0.2, 0) is 10.9 Å². The van der Waals surface area contributed by atoms with E-state index in [9.17, 15) is 13.2 Å². The van der Waals surface area contributed by atoms with Gasteiger partial charge >= 0.3 is 6.18 Å². The van der Waals surface area contributed by atoms with Crippen LogP contribution in [0, 0.1) is 17.2 Å². The summed E-state index contributed by atoms with van der Waals surface area (Å²) in [5.74, 6) is 0.258. The van der Waals surface area contributed by atoms with Crippen molar-refractivity contribution in [1.29, 1.82) is 5.26 Å². The fourth-order valence-corrected chi connectivity index (χ4v) is 1.98. The first-order valence-electron chi connectivity index (χ1n) is 5.87. The van der Waals surface area contributed by atoms with Crippen molar-refractivity contribution >= 4 is 5.69 Å². The van der Waals surface area contributed by atoms with E-state index < -0.39 is 11.7 Å². The van der Waals surface area contributed by atoms with E-state index in [0.717, 1.165) is 12.1 Å². The molecule has 1 N–H and O–H groups in total. The lowest BCUT2D eigenvalue weighted by atomic mass is 10.0. The monoisotopic (exact) mass is 270 g/mol. The number of anilines is 1. The average molecular weight is 270 g/mol. The first-order valence-corrected chi connectivity index (χ1v) is 5.87. The maximum Gasteiger partial charge on any atom is 0.416 e. The largest absolute Gasteiger partial charge is 0.416 e. The van der Waals surface area contributed by atoms with Crippen molar-refractivity contribution in [2.24, 2.45) is 5.92 Å². The van der Waals surface area contributed by atoms with Crippen molar-refractivity contribution in [2.75, 3.05) is 18.5 Å². The molecule has 0 bridgehead atoms. The highest BCUT2D eigenvalue weighted by molar-refractivity contribution is 5.59. The van der Waals surface area contributed by atoms with Gasteiger partial charge in [-0.1, -0.05) is 6.92 Å². The molecule has 0 amide bonds. The zero-order chi connectivity index (χ0) is 14.0. The third kappa shape index (κ3) is 2.99. The van der Waals surface area contributed by atoms with Crippen molar-refractivity contribution in [3.8, 4) is 6.07 Å². The number of benzene rings is 1. The number of hydrogen-bond acceptors (Lipinski definition) is 3. The van der Waals surface area contributed by atoms with Crippen LogP contribution in [0.2, 0.25) is 0 Å². The van der Waals surface area contributed by atoms with Crippen molar-refractivity contribution in [3.63, 3.8) is 0 Å². The average Bonchev–Trinajstić information content (AvgIpc) is 2.74. The summed E-state index contributed by atoms with van der Waals surface area (Å²) in [5, 5.41) is 12.0. The van der Waals surface area contributed by atoms with E-state index in [1.54, 1.807) is 6.07 Å². The molecule has 1 aliphatic heterocycles. The van der Waals surface area contributed by atoms with Gasteiger partial charge in [-0.25, -0.2) is 0 Å². The van der Waals surface area contributed by atoms with Gasteiger partial charge < -0.3 is 10.1 Å².